The van der Waals surface area contributed by atoms with Gasteiger partial charge in [0.05, 0.1) is 16.8 Å². The van der Waals surface area contributed by atoms with Gasteiger partial charge in [-0.3, -0.25) is 4.98 Å². The van der Waals surface area contributed by atoms with Crippen LogP contribution in [0.25, 0.3) is 0 Å². The lowest BCUT2D eigenvalue weighted by atomic mass is 10.3. The van der Waals surface area contributed by atoms with E-state index in [1.54, 1.807) is 12.3 Å². The van der Waals surface area contributed by atoms with E-state index in [0.717, 1.165) is 24.3 Å². The number of hydrogen-bond donors (Lipinski definition) is 0. The average Bonchev–Trinajstić information content (AvgIpc) is 2.80. The van der Waals surface area contributed by atoms with E-state index < -0.39 is 0 Å². The van der Waals surface area contributed by atoms with Crippen LogP contribution in [-0.2, 0) is 0 Å². The van der Waals surface area contributed by atoms with Crippen LogP contribution in [0.2, 0.25) is 5.02 Å². The molecule has 0 radical (unpaired) electrons. The molecule has 1 fully saturated rings. The first kappa shape index (κ1) is 7.87. The maximum atomic E-state index is 5.94. The van der Waals surface area contributed by atoms with Crippen LogP contribution in [0, 0.1) is 6.92 Å². The number of nitrogens with zero attached hydrogens (tertiary/aromatic N) is 1. The van der Waals surface area contributed by atoms with Gasteiger partial charge in [-0.25, -0.2) is 0 Å². The Hall–Kier alpha value is -0.760. The summed E-state index contributed by atoms with van der Waals surface area (Å²) in [6, 6.07) is 1.76. The summed E-state index contributed by atoms with van der Waals surface area (Å²) in [5.74, 6) is 0.752. The molecular weight excluding hydrogens is 174 g/mol. The van der Waals surface area contributed by atoms with E-state index in [-0.39, 0.29) is 0 Å². The van der Waals surface area contributed by atoms with Gasteiger partial charge in [-0.15, -0.1) is 0 Å². The van der Waals surface area contributed by atoms with Crippen LogP contribution in [0.5, 0.6) is 5.75 Å². The summed E-state index contributed by atoms with van der Waals surface area (Å²) in [6.45, 7) is 1.91. The number of halogens is 1. The van der Waals surface area contributed by atoms with E-state index in [1.807, 2.05) is 6.92 Å². The Kier molecular flexibility index (Phi) is 1.93. The molecule has 0 bridgehead atoms. The van der Waals surface area contributed by atoms with Crippen molar-refractivity contribution >= 4 is 11.6 Å². The molecule has 0 amide bonds. The maximum absolute atomic E-state index is 5.94. The Morgan fingerprint density at radius 2 is 2.33 bits per heavy atom. The van der Waals surface area contributed by atoms with E-state index in [1.165, 1.54) is 0 Å². The summed E-state index contributed by atoms with van der Waals surface area (Å²) >= 11 is 5.94. The summed E-state index contributed by atoms with van der Waals surface area (Å²) < 4.78 is 5.59. The third kappa shape index (κ3) is 1.53. The zero-order valence-electron chi connectivity index (χ0n) is 6.88. The lowest BCUT2D eigenvalue weighted by Gasteiger charge is -2.07. The van der Waals surface area contributed by atoms with Crippen molar-refractivity contribution in [2.75, 3.05) is 0 Å². The van der Waals surface area contributed by atoms with Crippen LogP contribution in [0.4, 0.5) is 0 Å². The Balaban J connectivity index is 2.26. The van der Waals surface area contributed by atoms with Crippen molar-refractivity contribution < 1.29 is 4.74 Å². The zero-order valence-corrected chi connectivity index (χ0v) is 7.64. The molecule has 1 saturated carbocycles. The van der Waals surface area contributed by atoms with Crippen LogP contribution in [0.1, 0.15) is 18.5 Å². The lowest BCUT2D eigenvalue weighted by Crippen LogP contribution is -1.99. The van der Waals surface area contributed by atoms with Crippen LogP contribution < -0.4 is 4.74 Å². The summed E-state index contributed by atoms with van der Waals surface area (Å²) in [4.78, 5) is 4.11. The summed E-state index contributed by atoms with van der Waals surface area (Å²) in [6.07, 6.45) is 4.36. The van der Waals surface area contributed by atoms with Gasteiger partial charge in [0.2, 0.25) is 0 Å². The van der Waals surface area contributed by atoms with Crippen LogP contribution in [0.3, 0.4) is 0 Å². The fourth-order valence-electron chi connectivity index (χ4n) is 1.02. The highest BCUT2D eigenvalue weighted by Gasteiger charge is 2.25. The first-order valence-corrected chi connectivity index (χ1v) is 4.43. The molecule has 12 heavy (non-hydrogen) atoms. The van der Waals surface area contributed by atoms with Gasteiger partial charge in [0, 0.05) is 6.20 Å². The summed E-state index contributed by atoms with van der Waals surface area (Å²) in [7, 11) is 0. The molecule has 2 rings (SSSR count). The fraction of sp³-hybridized carbons (Fsp3) is 0.444. The second kappa shape index (κ2) is 2.94. The Morgan fingerprint density at radius 1 is 1.58 bits per heavy atom. The molecule has 64 valence electrons. The third-order valence-electron chi connectivity index (χ3n) is 1.84. The van der Waals surface area contributed by atoms with Gasteiger partial charge >= 0.3 is 0 Å². The van der Waals surface area contributed by atoms with Gasteiger partial charge < -0.3 is 4.74 Å². The number of ether oxygens (including phenoxy) is 1. The molecule has 0 N–H and O–H groups in total. The number of aryl methyl sites for hydroxylation is 1. The first-order chi connectivity index (χ1) is 5.77. The van der Waals surface area contributed by atoms with Crippen molar-refractivity contribution in [2.24, 2.45) is 0 Å². The smallest absolute Gasteiger partial charge is 0.159 e. The molecule has 3 heteroatoms. The number of hydrogen-bond acceptors (Lipinski definition) is 2. The minimum atomic E-state index is 0.380. The van der Waals surface area contributed by atoms with E-state index in [9.17, 15) is 0 Å². The lowest BCUT2D eigenvalue weighted by molar-refractivity contribution is 0.300. The summed E-state index contributed by atoms with van der Waals surface area (Å²) in [5, 5.41) is 0.661. The van der Waals surface area contributed by atoms with Crippen molar-refractivity contribution in [3.05, 3.63) is 23.0 Å². The summed E-state index contributed by atoms with van der Waals surface area (Å²) in [5.41, 5.74) is 0.870. The van der Waals surface area contributed by atoms with Gasteiger partial charge in [0.1, 0.15) is 0 Å². The molecule has 0 unspecified atom stereocenters. The van der Waals surface area contributed by atoms with E-state index >= 15 is 0 Å². The highest BCUT2D eigenvalue weighted by molar-refractivity contribution is 6.32. The van der Waals surface area contributed by atoms with Crippen LogP contribution in [0.15, 0.2) is 12.3 Å². The molecule has 0 atom stereocenters. The minimum Gasteiger partial charge on any atom is -0.487 e. The average molecular weight is 184 g/mol. The maximum Gasteiger partial charge on any atom is 0.159 e. The second-order valence-corrected chi connectivity index (χ2v) is 3.43. The third-order valence-corrected chi connectivity index (χ3v) is 2.14. The topological polar surface area (TPSA) is 22.1 Å². The van der Waals surface area contributed by atoms with Gasteiger partial charge in [-0.1, -0.05) is 11.6 Å². The van der Waals surface area contributed by atoms with Gasteiger partial charge in [0.15, 0.2) is 5.75 Å². The Morgan fingerprint density at radius 3 is 2.92 bits per heavy atom. The van der Waals surface area contributed by atoms with Crippen molar-refractivity contribution in [3.63, 3.8) is 0 Å². The second-order valence-electron chi connectivity index (χ2n) is 3.02. The first-order valence-electron chi connectivity index (χ1n) is 4.05. The molecule has 1 aromatic rings. The SMILES string of the molecule is Cc1nccc(Cl)c1OC1CC1. The molecule has 1 aromatic heterocycles. The molecular formula is C9H10ClNO. The Bertz CT molecular complexity index is 276. The fourth-order valence-corrected chi connectivity index (χ4v) is 1.25. The molecule has 0 spiro atoms. The highest BCUT2D eigenvalue weighted by atomic mass is 35.5. The molecule has 1 aliphatic rings. The monoisotopic (exact) mass is 183 g/mol. The molecule has 0 aliphatic heterocycles. The van der Waals surface area contributed by atoms with Crippen molar-refractivity contribution in [1.29, 1.82) is 0 Å². The predicted octanol–water partition coefficient (Wildman–Crippen LogP) is 2.58. The number of rotatable bonds is 2. The minimum absolute atomic E-state index is 0.380. The molecule has 2 nitrogen and oxygen atoms in total. The number of aromatic nitrogens is 1. The standard InChI is InChI=1S/C9H10ClNO/c1-6-9(12-7-2-3-7)8(10)4-5-11-6/h4-5,7H,2-3H2,1H3. The molecule has 0 saturated heterocycles. The van der Waals surface area contributed by atoms with Crippen molar-refractivity contribution in [1.82, 2.24) is 4.98 Å². The van der Waals surface area contributed by atoms with Gasteiger partial charge in [-0.2, -0.15) is 0 Å². The van der Waals surface area contributed by atoms with Crippen LogP contribution >= 0.6 is 11.6 Å². The largest absolute Gasteiger partial charge is 0.487 e. The zero-order chi connectivity index (χ0) is 8.55. The quantitative estimate of drug-likeness (QED) is 0.703. The highest BCUT2D eigenvalue weighted by Crippen LogP contribution is 2.33. The Labute approximate surface area is 76.5 Å². The van der Waals surface area contributed by atoms with Crippen molar-refractivity contribution in [2.45, 2.75) is 25.9 Å². The molecule has 0 aromatic carbocycles. The van der Waals surface area contributed by atoms with E-state index in [2.05, 4.69) is 4.98 Å². The van der Waals surface area contributed by atoms with E-state index in [0.29, 0.717) is 11.1 Å². The van der Waals surface area contributed by atoms with Crippen molar-refractivity contribution in [3.8, 4) is 5.75 Å². The van der Waals surface area contributed by atoms with Gasteiger partial charge in [-0.05, 0) is 25.8 Å². The molecule has 1 heterocycles. The number of pyridine rings is 1. The normalized spacial score (nSPS) is 16.2. The predicted molar refractivity (Wildman–Crippen MR) is 47.6 cm³/mol. The van der Waals surface area contributed by atoms with Crippen LogP contribution in [-0.4, -0.2) is 11.1 Å². The van der Waals surface area contributed by atoms with E-state index in [4.69, 9.17) is 16.3 Å². The van der Waals surface area contributed by atoms with Gasteiger partial charge in [0.25, 0.3) is 0 Å². The molecule has 1 aliphatic carbocycles.